The first-order valence-corrected chi connectivity index (χ1v) is 7.27. The highest BCUT2D eigenvalue weighted by molar-refractivity contribution is 4.99. The van der Waals surface area contributed by atoms with E-state index in [9.17, 15) is 0 Å². The summed E-state index contributed by atoms with van der Waals surface area (Å²) in [6.45, 7) is 7.23. The zero-order chi connectivity index (χ0) is 10.8. The summed E-state index contributed by atoms with van der Waals surface area (Å²) in [5.41, 5.74) is 0. The van der Waals surface area contributed by atoms with E-state index in [1.807, 2.05) is 0 Å². The molecule has 0 heterocycles. The molecule has 0 nitrogen and oxygen atoms in total. The minimum atomic E-state index is 1.05. The van der Waals surface area contributed by atoms with Gasteiger partial charge in [-0.25, -0.2) is 0 Å². The monoisotopic (exact) mass is 208 g/mol. The largest absolute Gasteiger partial charge is 0.0654 e. The normalized spacial score (nSPS) is 43.8. The highest BCUT2D eigenvalue weighted by atomic mass is 14.5. The molecule has 0 aliphatic heterocycles. The average Bonchev–Trinajstić information content (AvgIpc) is 2.43. The van der Waals surface area contributed by atoms with Gasteiger partial charge in [-0.15, -0.1) is 0 Å². The van der Waals surface area contributed by atoms with Crippen LogP contribution in [0, 0.1) is 29.6 Å². The lowest BCUT2D eigenvalue weighted by molar-refractivity contribution is 0.0745. The Morgan fingerprint density at radius 2 is 1.67 bits per heavy atom. The van der Waals surface area contributed by atoms with Crippen LogP contribution >= 0.6 is 0 Å². The van der Waals surface area contributed by atoms with Crippen LogP contribution in [0.1, 0.15) is 65.7 Å². The summed E-state index contributed by atoms with van der Waals surface area (Å²) in [7, 11) is 0. The minimum absolute atomic E-state index is 1.05. The van der Waals surface area contributed by atoms with Gasteiger partial charge in [0.15, 0.2) is 0 Å². The van der Waals surface area contributed by atoms with Crippen LogP contribution in [0.2, 0.25) is 0 Å². The molecule has 0 aromatic rings. The molecule has 2 aliphatic rings. The maximum absolute atomic E-state index is 2.53. The smallest absolute Gasteiger partial charge is 0.0352 e. The molecule has 0 bridgehead atoms. The third-order valence-corrected chi connectivity index (χ3v) is 5.43. The summed E-state index contributed by atoms with van der Waals surface area (Å²) in [6, 6.07) is 0. The van der Waals surface area contributed by atoms with Gasteiger partial charge in [-0.05, 0) is 42.4 Å². The van der Waals surface area contributed by atoms with E-state index >= 15 is 0 Å². The first kappa shape index (κ1) is 11.5. The van der Waals surface area contributed by atoms with Crippen LogP contribution in [0.15, 0.2) is 0 Å². The first-order valence-electron chi connectivity index (χ1n) is 7.27. The van der Waals surface area contributed by atoms with Crippen molar-refractivity contribution in [3.63, 3.8) is 0 Å². The Morgan fingerprint density at radius 3 is 2.33 bits per heavy atom. The molecule has 5 atom stereocenters. The van der Waals surface area contributed by atoms with Crippen LogP contribution in [0.25, 0.3) is 0 Å². The number of rotatable bonds is 5. The van der Waals surface area contributed by atoms with Crippen molar-refractivity contribution in [1.29, 1.82) is 0 Å². The van der Waals surface area contributed by atoms with Crippen LogP contribution in [-0.4, -0.2) is 0 Å². The predicted octanol–water partition coefficient (Wildman–Crippen LogP) is 4.89. The fourth-order valence-electron chi connectivity index (χ4n) is 4.25. The Morgan fingerprint density at radius 1 is 0.933 bits per heavy atom. The van der Waals surface area contributed by atoms with E-state index in [0.717, 1.165) is 29.6 Å². The van der Waals surface area contributed by atoms with E-state index in [-0.39, 0.29) is 0 Å². The van der Waals surface area contributed by atoms with E-state index in [2.05, 4.69) is 20.8 Å². The standard InChI is InChI=1S/C15H28/c1-4-6-7-8-13-10-15-12(5-2)9-14(15)11(13)3/h11-15H,4-10H2,1-3H3. The molecule has 2 rings (SSSR count). The summed E-state index contributed by atoms with van der Waals surface area (Å²) in [5, 5.41) is 0. The minimum Gasteiger partial charge on any atom is -0.0654 e. The van der Waals surface area contributed by atoms with Crippen molar-refractivity contribution >= 4 is 0 Å². The van der Waals surface area contributed by atoms with Crippen molar-refractivity contribution < 1.29 is 0 Å². The van der Waals surface area contributed by atoms with Gasteiger partial charge < -0.3 is 0 Å². The molecule has 0 saturated heterocycles. The summed E-state index contributed by atoms with van der Waals surface area (Å²) < 4.78 is 0. The van der Waals surface area contributed by atoms with Crippen molar-refractivity contribution in [3.8, 4) is 0 Å². The zero-order valence-corrected chi connectivity index (χ0v) is 10.8. The molecule has 2 aliphatic carbocycles. The Balaban J connectivity index is 1.78. The molecule has 0 heteroatoms. The molecular formula is C15H28. The number of hydrogen-bond acceptors (Lipinski definition) is 0. The highest BCUT2D eigenvalue weighted by Crippen LogP contribution is 2.58. The predicted molar refractivity (Wildman–Crippen MR) is 66.8 cm³/mol. The quantitative estimate of drug-likeness (QED) is 0.565. The van der Waals surface area contributed by atoms with E-state index in [0.29, 0.717) is 0 Å². The molecule has 0 aromatic heterocycles. The Hall–Kier alpha value is 0. The van der Waals surface area contributed by atoms with E-state index in [4.69, 9.17) is 0 Å². The van der Waals surface area contributed by atoms with E-state index in [1.54, 1.807) is 12.8 Å². The third-order valence-electron chi connectivity index (χ3n) is 5.43. The maximum Gasteiger partial charge on any atom is -0.0352 e. The maximum atomic E-state index is 2.53. The second-order valence-corrected chi connectivity index (χ2v) is 6.08. The average molecular weight is 208 g/mol. The van der Waals surface area contributed by atoms with Gasteiger partial charge in [0.1, 0.15) is 0 Å². The number of fused-ring (bicyclic) bond motifs is 1. The van der Waals surface area contributed by atoms with Crippen LogP contribution in [0.4, 0.5) is 0 Å². The summed E-state index contributed by atoms with van der Waals surface area (Å²) >= 11 is 0. The molecule has 0 amide bonds. The summed E-state index contributed by atoms with van der Waals surface area (Å²) in [5.74, 6) is 5.50. The molecular weight excluding hydrogens is 180 g/mol. The van der Waals surface area contributed by atoms with Crippen molar-refractivity contribution in [2.75, 3.05) is 0 Å². The fraction of sp³-hybridized carbons (Fsp3) is 1.00. The zero-order valence-electron chi connectivity index (χ0n) is 10.8. The van der Waals surface area contributed by atoms with Crippen LogP contribution < -0.4 is 0 Å². The Kier molecular flexibility index (Phi) is 3.74. The lowest BCUT2D eigenvalue weighted by atomic mass is 9.63. The third kappa shape index (κ3) is 2.10. The second-order valence-electron chi connectivity index (χ2n) is 6.08. The molecule has 15 heavy (non-hydrogen) atoms. The molecule has 0 aromatic carbocycles. The van der Waals surface area contributed by atoms with Gasteiger partial charge in [0.05, 0.1) is 0 Å². The molecule has 2 saturated carbocycles. The van der Waals surface area contributed by atoms with Gasteiger partial charge in [-0.2, -0.15) is 0 Å². The lowest BCUT2D eigenvalue weighted by Crippen LogP contribution is -2.34. The molecule has 88 valence electrons. The van der Waals surface area contributed by atoms with Gasteiger partial charge in [-0.3, -0.25) is 0 Å². The van der Waals surface area contributed by atoms with Crippen LogP contribution in [0.3, 0.4) is 0 Å². The first-order chi connectivity index (χ1) is 7.27. The topological polar surface area (TPSA) is 0 Å². The lowest BCUT2D eigenvalue weighted by Gasteiger charge is -2.42. The Bertz CT molecular complexity index is 196. The van der Waals surface area contributed by atoms with E-state index in [1.165, 1.54) is 32.1 Å². The molecule has 0 spiro atoms. The SMILES string of the molecule is CCCCCC1CC2C(CC)CC2C1C. The number of hydrogen-bond donors (Lipinski definition) is 0. The van der Waals surface area contributed by atoms with Crippen LogP contribution in [0.5, 0.6) is 0 Å². The van der Waals surface area contributed by atoms with Gasteiger partial charge in [-0.1, -0.05) is 52.9 Å². The molecule has 0 N–H and O–H groups in total. The Labute approximate surface area is 95.8 Å². The number of unbranched alkanes of at least 4 members (excludes halogenated alkanes) is 2. The fourth-order valence-corrected chi connectivity index (χ4v) is 4.25. The van der Waals surface area contributed by atoms with Gasteiger partial charge >= 0.3 is 0 Å². The van der Waals surface area contributed by atoms with Gasteiger partial charge in [0.25, 0.3) is 0 Å². The van der Waals surface area contributed by atoms with Crippen molar-refractivity contribution in [3.05, 3.63) is 0 Å². The molecule has 0 radical (unpaired) electrons. The van der Waals surface area contributed by atoms with Crippen molar-refractivity contribution in [2.45, 2.75) is 65.7 Å². The van der Waals surface area contributed by atoms with Crippen molar-refractivity contribution in [1.82, 2.24) is 0 Å². The molecule has 5 unspecified atom stereocenters. The highest BCUT2D eigenvalue weighted by Gasteiger charge is 2.50. The van der Waals surface area contributed by atoms with Crippen molar-refractivity contribution in [2.24, 2.45) is 29.6 Å². The van der Waals surface area contributed by atoms with E-state index < -0.39 is 0 Å². The van der Waals surface area contributed by atoms with Crippen LogP contribution in [-0.2, 0) is 0 Å². The second kappa shape index (κ2) is 4.89. The summed E-state index contributed by atoms with van der Waals surface area (Å²) in [4.78, 5) is 0. The molecule has 2 fully saturated rings. The van der Waals surface area contributed by atoms with Gasteiger partial charge in [0.2, 0.25) is 0 Å². The van der Waals surface area contributed by atoms with Gasteiger partial charge in [0, 0.05) is 0 Å². The summed E-state index contributed by atoms with van der Waals surface area (Å²) in [6.07, 6.45) is 10.4.